The van der Waals surface area contributed by atoms with Gasteiger partial charge in [-0.2, -0.15) is 0 Å². The highest BCUT2D eigenvalue weighted by Gasteiger charge is 2.48. The Kier molecular flexibility index (Phi) is 17.4. The summed E-state index contributed by atoms with van der Waals surface area (Å²) in [6.07, 6.45) is 0. The largest absolute Gasteiger partial charge is 0.455 e. The molecule has 0 fully saturated rings. The van der Waals surface area contributed by atoms with E-state index in [4.69, 9.17) is 8.83 Å². The first kappa shape index (κ1) is 72.6. The predicted octanol–water partition coefficient (Wildman–Crippen LogP) is 31.8. The van der Waals surface area contributed by atoms with Crippen LogP contribution in [0, 0.1) is 0 Å². The Bertz CT molecular complexity index is 7520. The summed E-state index contributed by atoms with van der Waals surface area (Å²) in [6, 6.07) is 168. The zero-order chi connectivity index (χ0) is 81.7. The molecule has 21 aromatic rings. The Labute approximate surface area is 716 Å². The van der Waals surface area contributed by atoms with E-state index in [1.54, 1.807) is 0 Å². The molecule has 0 aliphatic heterocycles. The first-order valence-electron chi connectivity index (χ1n) is 42.6. The van der Waals surface area contributed by atoms with Gasteiger partial charge in [0.1, 0.15) is 22.3 Å². The summed E-state index contributed by atoms with van der Waals surface area (Å²) in [4.78, 5) is 4.84. The molecule has 123 heavy (non-hydrogen) atoms. The van der Waals surface area contributed by atoms with Gasteiger partial charge in [0.25, 0.3) is 0 Å². The van der Waals surface area contributed by atoms with E-state index in [1.807, 2.05) is 24.3 Å². The van der Waals surface area contributed by atoms with Gasteiger partial charge in [0.2, 0.25) is 0 Å². The predicted molar refractivity (Wildman–Crippen MR) is 511 cm³/mol. The molecule has 0 unspecified atom stereocenters. The van der Waals surface area contributed by atoms with E-state index in [9.17, 15) is 0 Å². The lowest BCUT2D eigenvalue weighted by Crippen LogP contribution is -2.28. The molecule has 0 saturated carbocycles. The van der Waals surface area contributed by atoms with Crippen molar-refractivity contribution in [3.8, 4) is 77.9 Å². The maximum absolute atomic E-state index is 6.41. The maximum Gasteiger partial charge on any atom is 0.143 e. The summed E-state index contributed by atoms with van der Waals surface area (Å²) in [5.74, 6) is 0. The third-order valence-electron chi connectivity index (χ3n) is 26.4. The summed E-state index contributed by atoms with van der Waals surface area (Å²) in [5.41, 5.74) is 39.0. The second-order valence-electron chi connectivity index (χ2n) is 33.2. The molecule has 0 bridgehead atoms. The number of furan rings is 2. The van der Waals surface area contributed by atoms with Crippen molar-refractivity contribution in [2.45, 2.75) is 30.1 Å². The third kappa shape index (κ3) is 11.7. The van der Waals surface area contributed by atoms with Gasteiger partial charge in [0.15, 0.2) is 0 Å². The van der Waals surface area contributed by atoms with Gasteiger partial charge < -0.3 is 18.6 Å². The van der Waals surface area contributed by atoms with Gasteiger partial charge in [-0.05, 0) is 207 Å². The Balaban J connectivity index is 0.000000144. The smallest absolute Gasteiger partial charge is 0.143 e. The number of rotatable bonds is 14. The molecule has 0 radical (unpaired) electrons. The maximum atomic E-state index is 6.41. The zero-order valence-corrected chi connectivity index (χ0v) is 68.1. The van der Waals surface area contributed by atoms with Crippen molar-refractivity contribution in [3.05, 3.63) is 517 Å². The van der Waals surface area contributed by atoms with Gasteiger partial charge in [0.05, 0.1) is 10.8 Å². The van der Waals surface area contributed by atoms with Gasteiger partial charge in [-0.15, -0.1) is 0 Å². The van der Waals surface area contributed by atoms with Gasteiger partial charge in [-0.3, -0.25) is 0 Å². The monoisotopic (exact) mass is 1570 g/mol. The number of anilines is 6. The van der Waals surface area contributed by atoms with Crippen LogP contribution < -0.4 is 9.80 Å². The molecule has 0 N–H and O–H groups in total. The highest BCUT2D eigenvalue weighted by Crippen LogP contribution is 2.60. The Hall–Kier alpha value is -15.6. The number of nitrogens with zero attached hydrogens (tertiary/aromatic N) is 2. The molecule has 19 aromatic carbocycles. The molecule has 0 amide bonds. The quantitative estimate of drug-likeness (QED) is 0.109. The lowest BCUT2D eigenvalue weighted by Gasteiger charge is -2.35. The van der Waals surface area contributed by atoms with E-state index in [2.05, 4.69) is 460 Å². The summed E-state index contributed by atoms with van der Waals surface area (Å²) < 4.78 is 12.8. The lowest BCUT2D eigenvalue weighted by atomic mass is 9.67. The van der Waals surface area contributed by atoms with Gasteiger partial charge >= 0.3 is 0 Å². The van der Waals surface area contributed by atoms with Crippen LogP contribution in [0.2, 0.25) is 0 Å². The van der Waals surface area contributed by atoms with E-state index in [0.29, 0.717) is 0 Å². The lowest BCUT2D eigenvalue weighted by molar-refractivity contribution is 0.660. The second-order valence-corrected chi connectivity index (χ2v) is 33.2. The molecule has 0 atom stereocenters. The van der Waals surface area contributed by atoms with E-state index in [-0.39, 0.29) is 5.41 Å². The SMILES string of the molecule is CC1(C)c2ccccc2-c2ccc(N(c3ccc(-c4ccc(-c5cccc6c5oc5ccccc56)cc4)cc3)c3ccc4c(c3)C(c3ccccc3)(c3ccccc3)c3ccccc3-4)cc21.c1ccc(N(c2ccc(-c3ccc(-c4cccc5c4oc4ccccc45)cc3)cc2)c2ccc3c(c2)C(c2ccccc2)(c2ccccc2)c2ccccc2-3)cc1. The summed E-state index contributed by atoms with van der Waals surface area (Å²) in [5, 5.41) is 4.57. The van der Waals surface area contributed by atoms with Crippen LogP contribution in [-0.4, -0.2) is 0 Å². The highest BCUT2D eigenvalue weighted by molar-refractivity contribution is 6.11. The molecule has 0 saturated heterocycles. The summed E-state index contributed by atoms with van der Waals surface area (Å²) >= 11 is 0. The summed E-state index contributed by atoms with van der Waals surface area (Å²) in [6.45, 7) is 4.73. The van der Waals surface area contributed by atoms with Crippen LogP contribution in [0.15, 0.2) is 470 Å². The average molecular weight is 1570 g/mol. The van der Waals surface area contributed by atoms with Crippen molar-refractivity contribution >= 4 is 78.0 Å². The minimum absolute atomic E-state index is 0.144. The molecule has 4 nitrogen and oxygen atoms in total. The van der Waals surface area contributed by atoms with E-state index >= 15 is 0 Å². The fourth-order valence-corrected chi connectivity index (χ4v) is 20.7. The van der Waals surface area contributed by atoms with Crippen LogP contribution in [-0.2, 0) is 16.2 Å². The third-order valence-corrected chi connectivity index (χ3v) is 26.4. The number of para-hydroxylation sites is 5. The fourth-order valence-electron chi connectivity index (χ4n) is 20.7. The molecule has 0 spiro atoms. The van der Waals surface area contributed by atoms with Crippen molar-refractivity contribution in [2.75, 3.05) is 9.80 Å². The van der Waals surface area contributed by atoms with E-state index in [0.717, 1.165) is 117 Å². The van der Waals surface area contributed by atoms with Crippen LogP contribution in [0.25, 0.3) is 122 Å². The van der Waals surface area contributed by atoms with Crippen molar-refractivity contribution in [3.63, 3.8) is 0 Å². The average Bonchev–Trinajstić information content (AvgIpc) is 1.55. The van der Waals surface area contributed by atoms with Crippen LogP contribution in [0.4, 0.5) is 34.1 Å². The number of fused-ring (bicyclic) bond motifs is 15. The normalized spacial score (nSPS) is 13.3. The molecule has 24 rings (SSSR count). The van der Waals surface area contributed by atoms with Crippen molar-refractivity contribution < 1.29 is 8.83 Å². The number of benzene rings is 19. The Morgan fingerprint density at radius 1 is 0.179 bits per heavy atom. The Morgan fingerprint density at radius 2 is 0.439 bits per heavy atom. The zero-order valence-electron chi connectivity index (χ0n) is 68.1. The molecule has 580 valence electrons. The van der Waals surface area contributed by atoms with Gasteiger partial charge in [-0.1, -0.05) is 390 Å². The van der Waals surface area contributed by atoms with Crippen LogP contribution in [0.3, 0.4) is 0 Å². The molecule has 3 aliphatic rings. The van der Waals surface area contributed by atoms with E-state index < -0.39 is 10.8 Å². The molecule has 4 heteroatoms. The van der Waals surface area contributed by atoms with Crippen molar-refractivity contribution in [2.24, 2.45) is 0 Å². The number of hydrogen-bond acceptors (Lipinski definition) is 4. The van der Waals surface area contributed by atoms with Crippen LogP contribution in [0.1, 0.15) is 69.5 Å². The minimum Gasteiger partial charge on any atom is -0.455 e. The Morgan fingerprint density at radius 3 is 0.837 bits per heavy atom. The van der Waals surface area contributed by atoms with Crippen LogP contribution >= 0.6 is 0 Å². The topological polar surface area (TPSA) is 32.8 Å². The first-order valence-corrected chi connectivity index (χ1v) is 42.6. The van der Waals surface area contributed by atoms with Crippen molar-refractivity contribution in [1.82, 2.24) is 0 Å². The molecule has 3 aliphatic carbocycles. The standard InChI is InChI=1S/C64H45NO.C55H37NO/c1-63(2)57-25-12-9-20-51(57)53-38-36-48(40-59(53)63)65(47-34-32-43(33-35-47)42-28-30-44(31-29-42)50-23-15-24-56-55-22-11-14-27-61(55)66-62(50)56)49-37-39-54-52-21-10-13-26-58(52)64(60(54)41-49,45-16-5-3-6-17-45)46-18-7-4-8-19-46;1-4-15-41(16-5-1)55(42-17-6-2-7-18-42)51-25-12-10-21-47(51)48-36-35-45(37-52(48)55)56(43-19-8-3-9-20-43)44-33-31-39(32-34-44)38-27-29-40(30-28-38)46-23-14-24-50-49-22-11-13-26-53(49)57-54(46)50/h3-41H,1-2H3;1-37H. The molecular weight excluding hydrogens is 1490 g/mol. The minimum atomic E-state index is -0.510. The second kappa shape index (κ2) is 29.4. The van der Waals surface area contributed by atoms with Gasteiger partial charge in [0, 0.05) is 72.2 Å². The first-order chi connectivity index (χ1) is 60.7. The van der Waals surface area contributed by atoms with E-state index in [1.165, 1.54) is 94.6 Å². The van der Waals surface area contributed by atoms with Gasteiger partial charge in [-0.25, -0.2) is 0 Å². The van der Waals surface area contributed by atoms with Crippen LogP contribution in [0.5, 0.6) is 0 Å². The fraction of sp³-hybridized carbons (Fsp3) is 0.0420. The summed E-state index contributed by atoms with van der Waals surface area (Å²) in [7, 11) is 0. The van der Waals surface area contributed by atoms with Crippen molar-refractivity contribution in [1.29, 1.82) is 0 Å². The number of hydrogen-bond donors (Lipinski definition) is 0. The highest BCUT2D eigenvalue weighted by atomic mass is 16.3. The molecular formula is C119H82N2O2. The molecule has 2 aromatic heterocycles. The molecule has 2 heterocycles.